The van der Waals surface area contributed by atoms with Crippen molar-refractivity contribution >= 4 is 5.57 Å². The molecule has 0 radical (unpaired) electrons. The summed E-state index contributed by atoms with van der Waals surface area (Å²) in [5.74, 6) is 0. The van der Waals surface area contributed by atoms with Crippen LogP contribution in [-0.2, 0) is 5.41 Å². The van der Waals surface area contributed by atoms with Crippen LogP contribution in [0.1, 0.15) is 76.3 Å². The van der Waals surface area contributed by atoms with Crippen LogP contribution in [0, 0.1) is 0 Å². The molecule has 0 aliphatic heterocycles. The van der Waals surface area contributed by atoms with Crippen molar-refractivity contribution in [3.63, 3.8) is 0 Å². The van der Waals surface area contributed by atoms with Gasteiger partial charge in [0.15, 0.2) is 0 Å². The molecule has 0 spiro atoms. The van der Waals surface area contributed by atoms with Crippen LogP contribution in [-0.4, -0.2) is 4.98 Å². The van der Waals surface area contributed by atoms with Crippen molar-refractivity contribution in [2.45, 2.75) is 70.6 Å². The third kappa shape index (κ3) is 6.43. The second-order valence-corrected chi connectivity index (χ2v) is 14.4. The van der Waals surface area contributed by atoms with Crippen LogP contribution in [0.15, 0.2) is 157 Å². The first-order valence-corrected chi connectivity index (χ1v) is 19.0. The van der Waals surface area contributed by atoms with Gasteiger partial charge >= 0.3 is 0 Å². The fourth-order valence-corrected chi connectivity index (χ4v) is 8.56. The number of benzene rings is 5. The molecule has 0 saturated heterocycles. The maximum absolute atomic E-state index is 5.08. The molecule has 8 rings (SSSR count). The Hall–Kier alpha value is -5.27. The molecule has 2 aliphatic carbocycles. The van der Waals surface area contributed by atoms with Crippen LogP contribution in [0.25, 0.3) is 61.3 Å². The summed E-state index contributed by atoms with van der Waals surface area (Å²) in [5, 5.41) is 0. The van der Waals surface area contributed by atoms with Gasteiger partial charge in [0.2, 0.25) is 0 Å². The van der Waals surface area contributed by atoms with E-state index in [9.17, 15) is 0 Å². The molecule has 0 unspecified atom stereocenters. The van der Waals surface area contributed by atoms with E-state index < -0.39 is 0 Å². The zero-order valence-electron chi connectivity index (χ0n) is 30.0. The zero-order valence-corrected chi connectivity index (χ0v) is 30.0. The predicted molar refractivity (Wildman–Crippen MR) is 217 cm³/mol. The van der Waals surface area contributed by atoms with E-state index in [0.717, 1.165) is 17.7 Å². The first-order valence-electron chi connectivity index (χ1n) is 19.0. The topological polar surface area (TPSA) is 12.9 Å². The minimum absolute atomic E-state index is 0.167. The summed E-state index contributed by atoms with van der Waals surface area (Å²) >= 11 is 0. The molecule has 0 N–H and O–H groups in total. The number of hydrogen-bond acceptors (Lipinski definition) is 1. The monoisotopic (exact) mass is 661 g/mol. The Balaban J connectivity index is 1.07. The van der Waals surface area contributed by atoms with Gasteiger partial charge in [-0.25, -0.2) is 0 Å². The van der Waals surface area contributed by atoms with Crippen LogP contribution in [0.5, 0.6) is 0 Å². The highest BCUT2D eigenvalue weighted by molar-refractivity contribution is 5.88. The Bertz CT molecular complexity index is 2210. The SMILES string of the molecule is CCCCC1(CCCC)C2=C(C=CCC2)c2ccc(-c3ccc(-c4cccc(-c5cccc(-c6cccc(-c7ccccc7)c6)c5)c4)cn3)cc21. The number of fused-ring (bicyclic) bond motifs is 2. The smallest absolute Gasteiger partial charge is 0.0702 e. The van der Waals surface area contributed by atoms with Gasteiger partial charge in [-0.15, -0.1) is 0 Å². The van der Waals surface area contributed by atoms with Crippen molar-refractivity contribution in [2.24, 2.45) is 0 Å². The summed E-state index contributed by atoms with van der Waals surface area (Å²) in [6.45, 7) is 4.67. The van der Waals surface area contributed by atoms with E-state index in [1.165, 1.54) is 101 Å². The van der Waals surface area contributed by atoms with Crippen LogP contribution in [0.4, 0.5) is 0 Å². The van der Waals surface area contributed by atoms with Crippen molar-refractivity contribution in [3.8, 4) is 55.8 Å². The Labute approximate surface area is 304 Å². The maximum Gasteiger partial charge on any atom is 0.0702 e. The molecule has 1 nitrogen and oxygen atoms in total. The average molecular weight is 662 g/mol. The van der Waals surface area contributed by atoms with Crippen molar-refractivity contribution in [1.82, 2.24) is 4.98 Å². The number of aromatic nitrogens is 1. The van der Waals surface area contributed by atoms with Crippen LogP contribution >= 0.6 is 0 Å². The lowest BCUT2D eigenvalue weighted by molar-refractivity contribution is 0.395. The molecule has 0 saturated carbocycles. The second kappa shape index (κ2) is 14.5. The predicted octanol–water partition coefficient (Wildman–Crippen LogP) is 14.2. The molecule has 2 aliphatic rings. The molecule has 0 fully saturated rings. The molecule has 51 heavy (non-hydrogen) atoms. The van der Waals surface area contributed by atoms with Gasteiger partial charge in [0, 0.05) is 22.7 Å². The number of allylic oxidation sites excluding steroid dienone is 4. The quantitative estimate of drug-likeness (QED) is 0.135. The summed E-state index contributed by atoms with van der Waals surface area (Å²) in [6.07, 6.45) is 16.7. The molecule has 1 heterocycles. The van der Waals surface area contributed by atoms with Gasteiger partial charge in [0.25, 0.3) is 0 Å². The van der Waals surface area contributed by atoms with E-state index in [1.807, 2.05) is 0 Å². The summed E-state index contributed by atoms with van der Waals surface area (Å²) in [6, 6.07) is 48.8. The molecule has 1 aromatic heterocycles. The molecule has 6 aromatic rings. The molecule has 5 aromatic carbocycles. The third-order valence-corrected chi connectivity index (χ3v) is 11.2. The van der Waals surface area contributed by atoms with Crippen molar-refractivity contribution < 1.29 is 0 Å². The van der Waals surface area contributed by atoms with Crippen LogP contribution in [0.3, 0.4) is 0 Å². The first-order chi connectivity index (χ1) is 25.2. The summed E-state index contributed by atoms with van der Waals surface area (Å²) in [5.41, 5.74) is 18.3. The first kappa shape index (κ1) is 32.9. The third-order valence-electron chi connectivity index (χ3n) is 11.2. The van der Waals surface area contributed by atoms with Gasteiger partial charge in [-0.1, -0.05) is 160 Å². The normalized spacial score (nSPS) is 14.4. The van der Waals surface area contributed by atoms with Gasteiger partial charge in [-0.2, -0.15) is 0 Å². The van der Waals surface area contributed by atoms with Crippen molar-refractivity contribution in [2.75, 3.05) is 0 Å². The lowest BCUT2D eigenvalue weighted by Gasteiger charge is -2.35. The van der Waals surface area contributed by atoms with Crippen molar-refractivity contribution in [1.29, 1.82) is 0 Å². The highest BCUT2D eigenvalue weighted by atomic mass is 14.7. The zero-order chi connectivity index (χ0) is 34.6. The van der Waals surface area contributed by atoms with Gasteiger partial charge in [-0.3, -0.25) is 4.98 Å². The van der Waals surface area contributed by atoms with Gasteiger partial charge in [0.05, 0.1) is 5.69 Å². The van der Waals surface area contributed by atoms with Crippen molar-refractivity contribution in [3.05, 3.63) is 169 Å². The number of hydrogen-bond donors (Lipinski definition) is 0. The molecule has 252 valence electrons. The maximum atomic E-state index is 5.08. The van der Waals surface area contributed by atoms with E-state index in [2.05, 4.69) is 166 Å². The fraction of sp³-hybridized carbons (Fsp3) is 0.220. The van der Waals surface area contributed by atoms with E-state index in [-0.39, 0.29) is 5.41 Å². The van der Waals surface area contributed by atoms with E-state index in [4.69, 9.17) is 4.98 Å². The highest BCUT2D eigenvalue weighted by Crippen LogP contribution is 2.56. The fourth-order valence-electron chi connectivity index (χ4n) is 8.56. The molecule has 1 heteroatoms. The molecular weight excluding hydrogens is 615 g/mol. The van der Waals surface area contributed by atoms with E-state index in [0.29, 0.717) is 0 Å². The molecule has 0 bridgehead atoms. The molecular formula is C50H47N. The summed E-state index contributed by atoms with van der Waals surface area (Å²) in [7, 11) is 0. The number of unbranched alkanes of at least 4 members (excludes halogenated alkanes) is 2. The van der Waals surface area contributed by atoms with E-state index in [1.54, 1.807) is 11.1 Å². The Kier molecular flexibility index (Phi) is 9.37. The minimum atomic E-state index is 0.167. The van der Waals surface area contributed by atoms with Gasteiger partial charge < -0.3 is 0 Å². The van der Waals surface area contributed by atoms with Gasteiger partial charge in [-0.05, 0) is 112 Å². The number of nitrogens with zero attached hydrogens (tertiary/aromatic N) is 1. The summed E-state index contributed by atoms with van der Waals surface area (Å²) in [4.78, 5) is 5.08. The minimum Gasteiger partial charge on any atom is -0.256 e. The second-order valence-electron chi connectivity index (χ2n) is 14.4. The van der Waals surface area contributed by atoms with Gasteiger partial charge in [0.1, 0.15) is 0 Å². The Morgan fingerprint density at radius 3 is 1.65 bits per heavy atom. The Morgan fingerprint density at radius 2 is 1.08 bits per heavy atom. The summed E-state index contributed by atoms with van der Waals surface area (Å²) < 4.78 is 0. The Morgan fingerprint density at radius 1 is 0.529 bits per heavy atom. The highest BCUT2D eigenvalue weighted by Gasteiger charge is 2.43. The molecule has 0 atom stereocenters. The lowest BCUT2D eigenvalue weighted by atomic mass is 9.68. The van der Waals surface area contributed by atoms with Crippen LogP contribution in [0.2, 0.25) is 0 Å². The average Bonchev–Trinajstić information content (AvgIpc) is 3.48. The number of rotatable bonds is 11. The molecule has 0 amide bonds. The standard InChI is InChI=1S/C50H47N/c1-3-5-29-50(30-6-4-2)47-24-11-10-23-45(47)46-27-25-43(34-48(46)50)49-28-26-44(35-51-49)42-22-14-21-41(33-42)40-20-13-19-39(32-40)38-18-12-17-37(31-38)36-15-8-7-9-16-36/h7-10,12-23,25-28,31-35H,3-6,11,24,29-30H2,1-2H3. The van der Waals surface area contributed by atoms with E-state index >= 15 is 0 Å². The lowest BCUT2D eigenvalue weighted by Crippen LogP contribution is -2.27. The largest absolute Gasteiger partial charge is 0.256 e. The van der Waals surface area contributed by atoms with Crippen LogP contribution < -0.4 is 0 Å². The number of pyridine rings is 1.